The molecule has 0 aromatic heterocycles. The summed E-state index contributed by atoms with van der Waals surface area (Å²) >= 11 is 3.53. The standard InChI is InChI=1S/C30H20BrFN2O3/c31-26-18-20(15-16-21(26)19-22-9-7-8-14-27(22)32)17-25-28(35)33(23-10-3-1-4-11-23)30(37)34(29(25)36)24-12-5-2-6-13-24/h1-18H,19H2. The fraction of sp³-hybridized carbons (Fsp3) is 0.0333. The third kappa shape index (κ3) is 4.86. The zero-order valence-electron chi connectivity index (χ0n) is 19.5. The molecule has 1 saturated heterocycles. The van der Waals surface area contributed by atoms with Crippen molar-refractivity contribution in [1.29, 1.82) is 0 Å². The van der Waals surface area contributed by atoms with Gasteiger partial charge in [-0.15, -0.1) is 0 Å². The summed E-state index contributed by atoms with van der Waals surface area (Å²) in [5.41, 5.74) is 2.55. The van der Waals surface area contributed by atoms with Crippen LogP contribution in [-0.4, -0.2) is 17.8 Å². The Kier molecular flexibility index (Phi) is 6.79. The van der Waals surface area contributed by atoms with Crippen molar-refractivity contribution in [3.05, 3.63) is 136 Å². The molecule has 1 aliphatic heterocycles. The highest BCUT2D eigenvalue weighted by atomic mass is 79.9. The van der Waals surface area contributed by atoms with Gasteiger partial charge in [-0.2, -0.15) is 0 Å². The van der Waals surface area contributed by atoms with E-state index in [0.29, 0.717) is 33.4 Å². The summed E-state index contributed by atoms with van der Waals surface area (Å²) in [7, 11) is 0. The molecule has 0 N–H and O–H groups in total. The fourth-order valence-electron chi connectivity index (χ4n) is 4.15. The number of imide groups is 2. The van der Waals surface area contributed by atoms with Crippen LogP contribution in [0.15, 0.2) is 113 Å². The highest BCUT2D eigenvalue weighted by molar-refractivity contribution is 9.10. The average Bonchev–Trinajstić information content (AvgIpc) is 2.90. The predicted molar refractivity (Wildman–Crippen MR) is 145 cm³/mol. The number of benzene rings is 4. The van der Waals surface area contributed by atoms with E-state index in [9.17, 15) is 18.8 Å². The van der Waals surface area contributed by atoms with Crippen molar-refractivity contribution in [2.24, 2.45) is 0 Å². The Morgan fingerprint density at radius 3 is 1.76 bits per heavy atom. The highest BCUT2D eigenvalue weighted by Crippen LogP contribution is 2.30. The van der Waals surface area contributed by atoms with Crippen LogP contribution in [0.4, 0.5) is 20.6 Å². The van der Waals surface area contributed by atoms with Gasteiger partial charge in [0.1, 0.15) is 11.4 Å². The van der Waals surface area contributed by atoms with Crippen LogP contribution < -0.4 is 9.80 Å². The lowest BCUT2D eigenvalue weighted by atomic mass is 10.0. The van der Waals surface area contributed by atoms with E-state index in [1.54, 1.807) is 91.0 Å². The molecule has 5 nitrogen and oxygen atoms in total. The summed E-state index contributed by atoms with van der Waals surface area (Å²) in [5.74, 6) is -1.70. The number of carbonyl (C=O) groups is 3. The quantitative estimate of drug-likeness (QED) is 0.202. The largest absolute Gasteiger partial charge is 0.343 e. The molecule has 0 atom stereocenters. The first-order valence-electron chi connectivity index (χ1n) is 11.5. The Balaban J connectivity index is 1.54. The Morgan fingerprint density at radius 2 is 1.22 bits per heavy atom. The smallest absolute Gasteiger partial charge is 0.268 e. The molecule has 0 saturated carbocycles. The van der Waals surface area contributed by atoms with Crippen LogP contribution in [0.2, 0.25) is 0 Å². The Labute approximate surface area is 221 Å². The minimum atomic E-state index is -0.744. The van der Waals surface area contributed by atoms with Crippen LogP contribution in [0.5, 0.6) is 0 Å². The first kappa shape index (κ1) is 24.3. The average molecular weight is 555 g/mol. The third-order valence-electron chi connectivity index (χ3n) is 6.01. The number of hydrogen-bond acceptors (Lipinski definition) is 3. The molecule has 0 unspecified atom stereocenters. The van der Waals surface area contributed by atoms with Gasteiger partial charge in [-0.3, -0.25) is 9.59 Å². The molecule has 1 fully saturated rings. The summed E-state index contributed by atoms with van der Waals surface area (Å²) < 4.78 is 14.8. The van der Waals surface area contributed by atoms with E-state index in [1.165, 1.54) is 12.1 Å². The molecular weight excluding hydrogens is 535 g/mol. The molecule has 1 heterocycles. The number of halogens is 2. The molecule has 1 aliphatic rings. The van der Waals surface area contributed by atoms with Crippen molar-refractivity contribution in [3.63, 3.8) is 0 Å². The Morgan fingerprint density at radius 1 is 0.676 bits per heavy atom. The molecule has 0 radical (unpaired) electrons. The summed E-state index contributed by atoms with van der Waals surface area (Å²) in [4.78, 5) is 42.4. The van der Waals surface area contributed by atoms with E-state index in [4.69, 9.17) is 0 Å². The number of urea groups is 1. The number of rotatable bonds is 5. The van der Waals surface area contributed by atoms with E-state index < -0.39 is 17.8 Å². The molecular formula is C30H20BrFN2O3. The molecule has 0 spiro atoms. The van der Waals surface area contributed by atoms with Gasteiger partial charge in [0.25, 0.3) is 11.8 Å². The highest BCUT2D eigenvalue weighted by Gasteiger charge is 2.43. The van der Waals surface area contributed by atoms with Gasteiger partial charge in [0, 0.05) is 10.9 Å². The zero-order valence-corrected chi connectivity index (χ0v) is 21.1. The van der Waals surface area contributed by atoms with E-state index in [2.05, 4.69) is 15.9 Å². The lowest BCUT2D eigenvalue weighted by molar-refractivity contribution is -0.121. The Hall–Kier alpha value is -4.36. The fourth-order valence-corrected chi connectivity index (χ4v) is 4.69. The van der Waals surface area contributed by atoms with Gasteiger partial charge >= 0.3 is 6.03 Å². The zero-order chi connectivity index (χ0) is 25.9. The molecule has 4 aromatic rings. The first-order chi connectivity index (χ1) is 17.9. The summed E-state index contributed by atoms with van der Waals surface area (Å²) in [6.45, 7) is 0. The molecule has 182 valence electrons. The minimum Gasteiger partial charge on any atom is -0.268 e. The lowest BCUT2D eigenvalue weighted by Crippen LogP contribution is -2.57. The van der Waals surface area contributed by atoms with Gasteiger partial charge in [-0.25, -0.2) is 19.0 Å². The van der Waals surface area contributed by atoms with Crippen LogP contribution in [-0.2, 0) is 16.0 Å². The molecule has 4 aromatic carbocycles. The number of amides is 4. The third-order valence-corrected chi connectivity index (χ3v) is 6.74. The maximum Gasteiger partial charge on any atom is 0.343 e. The summed E-state index contributed by atoms with van der Waals surface area (Å²) in [6, 6.07) is 28.1. The maximum absolute atomic E-state index is 14.1. The van der Waals surface area contributed by atoms with E-state index in [-0.39, 0.29) is 11.4 Å². The summed E-state index contributed by atoms with van der Waals surface area (Å²) in [5, 5.41) is 0. The van der Waals surface area contributed by atoms with Crippen LogP contribution >= 0.6 is 15.9 Å². The van der Waals surface area contributed by atoms with Crippen molar-refractivity contribution in [3.8, 4) is 0 Å². The van der Waals surface area contributed by atoms with E-state index in [1.807, 2.05) is 6.07 Å². The monoisotopic (exact) mass is 554 g/mol. The van der Waals surface area contributed by atoms with Crippen LogP contribution in [0.1, 0.15) is 16.7 Å². The van der Waals surface area contributed by atoms with Crippen LogP contribution in [0, 0.1) is 5.82 Å². The minimum absolute atomic E-state index is 0.152. The second kappa shape index (κ2) is 10.3. The second-order valence-electron chi connectivity index (χ2n) is 8.41. The number of barbiturate groups is 1. The van der Waals surface area contributed by atoms with Gasteiger partial charge in [0.05, 0.1) is 11.4 Å². The first-order valence-corrected chi connectivity index (χ1v) is 12.3. The van der Waals surface area contributed by atoms with Gasteiger partial charge in [0.2, 0.25) is 0 Å². The summed E-state index contributed by atoms with van der Waals surface area (Å²) in [6.07, 6.45) is 1.85. The number of nitrogens with zero attached hydrogens (tertiary/aromatic N) is 2. The van der Waals surface area contributed by atoms with Crippen molar-refractivity contribution in [1.82, 2.24) is 0 Å². The second-order valence-corrected chi connectivity index (χ2v) is 9.27. The molecule has 5 rings (SSSR count). The van der Waals surface area contributed by atoms with E-state index in [0.717, 1.165) is 15.4 Å². The number of para-hydroxylation sites is 2. The predicted octanol–water partition coefficient (Wildman–Crippen LogP) is 6.76. The topological polar surface area (TPSA) is 57.7 Å². The normalized spacial score (nSPS) is 13.8. The van der Waals surface area contributed by atoms with Crippen molar-refractivity contribution < 1.29 is 18.8 Å². The van der Waals surface area contributed by atoms with E-state index >= 15 is 0 Å². The van der Waals surface area contributed by atoms with Crippen molar-refractivity contribution >= 4 is 51.2 Å². The molecule has 4 amide bonds. The van der Waals surface area contributed by atoms with Crippen molar-refractivity contribution in [2.45, 2.75) is 6.42 Å². The maximum atomic E-state index is 14.1. The van der Waals surface area contributed by atoms with Gasteiger partial charge in [0.15, 0.2) is 0 Å². The van der Waals surface area contributed by atoms with Gasteiger partial charge in [-0.05, 0) is 59.2 Å². The lowest BCUT2D eigenvalue weighted by Gasteiger charge is -2.33. The molecule has 37 heavy (non-hydrogen) atoms. The molecule has 7 heteroatoms. The number of hydrogen-bond donors (Lipinski definition) is 0. The van der Waals surface area contributed by atoms with Crippen molar-refractivity contribution in [2.75, 3.05) is 9.80 Å². The van der Waals surface area contributed by atoms with Gasteiger partial charge in [-0.1, -0.05) is 82.7 Å². The van der Waals surface area contributed by atoms with Crippen LogP contribution in [0.25, 0.3) is 6.08 Å². The van der Waals surface area contributed by atoms with Crippen LogP contribution in [0.3, 0.4) is 0 Å². The molecule has 0 bridgehead atoms. The Bertz CT molecular complexity index is 1470. The molecule has 0 aliphatic carbocycles. The SMILES string of the molecule is O=C1C(=Cc2ccc(Cc3ccccc3F)c(Br)c2)C(=O)N(c2ccccc2)C(=O)N1c1ccccc1. The van der Waals surface area contributed by atoms with Gasteiger partial charge < -0.3 is 0 Å². The number of carbonyl (C=O) groups excluding carboxylic acids is 3. The number of anilines is 2.